The zero-order valence-corrected chi connectivity index (χ0v) is 14.6. The van der Waals surface area contributed by atoms with Gasteiger partial charge in [0.2, 0.25) is 10.0 Å². The molecule has 0 aromatic heterocycles. The number of ether oxygens (including phenoxy) is 1. The predicted octanol–water partition coefficient (Wildman–Crippen LogP) is 1.59. The molecule has 0 radical (unpaired) electrons. The smallest absolute Gasteiger partial charge is 0.253 e. The number of piperidine rings is 1. The number of benzene rings is 1. The second-order valence-corrected chi connectivity index (χ2v) is 7.46. The Kier molecular flexibility index (Phi) is 5.44. The van der Waals surface area contributed by atoms with E-state index in [-0.39, 0.29) is 16.9 Å². The van der Waals surface area contributed by atoms with E-state index in [2.05, 4.69) is 0 Å². The quantitative estimate of drug-likeness (QED) is 0.901. The maximum Gasteiger partial charge on any atom is 0.253 e. The van der Waals surface area contributed by atoms with Crippen molar-refractivity contribution in [2.75, 3.05) is 19.7 Å². The Bertz CT molecular complexity index is 698. The molecule has 1 amide bonds. The van der Waals surface area contributed by atoms with Crippen molar-refractivity contribution >= 4 is 15.9 Å². The molecule has 2 rings (SSSR count). The summed E-state index contributed by atoms with van der Waals surface area (Å²) in [5.74, 6) is -0.178. The highest BCUT2D eigenvalue weighted by molar-refractivity contribution is 7.89. The third kappa shape index (κ3) is 4.10. The van der Waals surface area contributed by atoms with E-state index in [1.54, 1.807) is 24.8 Å². The van der Waals surface area contributed by atoms with E-state index in [9.17, 15) is 13.2 Å². The molecular weight excluding hydrogens is 316 g/mol. The van der Waals surface area contributed by atoms with E-state index in [1.165, 1.54) is 6.07 Å². The molecule has 1 aliphatic rings. The van der Waals surface area contributed by atoms with Crippen LogP contribution in [0.3, 0.4) is 0 Å². The first-order chi connectivity index (χ1) is 10.7. The van der Waals surface area contributed by atoms with Gasteiger partial charge in [-0.05, 0) is 56.9 Å². The summed E-state index contributed by atoms with van der Waals surface area (Å²) in [4.78, 5) is 14.5. The molecule has 1 aromatic carbocycles. The lowest BCUT2D eigenvalue weighted by Gasteiger charge is -2.32. The standard InChI is InChI=1S/C16H24N2O4S/c1-4-22-14-6-5-7-18(10-14)16(19)13-8-11(2)12(3)15(9-13)23(17,20)21/h8-9,14H,4-7,10H2,1-3H3,(H2,17,20,21). The van der Waals surface area contributed by atoms with Crippen molar-refractivity contribution in [2.45, 2.75) is 44.6 Å². The Balaban J connectivity index is 2.31. The van der Waals surface area contributed by atoms with Gasteiger partial charge >= 0.3 is 0 Å². The molecule has 1 saturated heterocycles. The van der Waals surface area contributed by atoms with Crippen molar-refractivity contribution in [3.8, 4) is 0 Å². The summed E-state index contributed by atoms with van der Waals surface area (Å²) in [6.45, 7) is 7.20. The van der Waals surface area contributed by atoms with Crippen LogP contribution in [0.2, 0.25) is 0 Å². The number of likely N-dealkylation sites (tertiary alicyclic amines) is 1. The molecule has 0 spiro atoms. The second kappa shape index (κ2) is 6.98. The number of hydrogen-bond donors (Lipinski definition) is 1. The van der Waals surface area contributed by atoms with Crippen LogP contribution in [0.25, 0.3) is 0 Å². The van der Waals surface area contributed by atoms with Crippen LogP contribution in [0, 0.1) is 13.8 Å². The fourth-order valence-corrected chi connectivity index (χ4v) is 3.80. The van der Waals surface area contributed by atoms with Gasteiger partial charge in [-0.2, -0.15) is 0 Å². The number of primary sulfonamides is 1. The molecule has 1 heterocycles. The lowest BCUT2D eigenvalue weighted by atomic mass is 10.0. The first kappa shape index (κ1) is 17.9. The molecule has 1 atom stereocenters. The average molecular weight is 340 g/mol. The van der Waals surface area contributed by atoms with E-state index in [0.717, 1.165) is 18.4 Å². The molecular formula is C16H24N2O4S. The summed E-state index contributed by atoms with van der Waals surface area (Å²) in [5.41, 5.74) is 1.67. The maximum absolute atomic E-state index is 12.7. The van der Waals surface area contributed by atoms with E-state index >= 15 is 0 Å². The Labute approximate surface area is 137 Å². The average Bonchev–Trinajstić information content (AvgIpc) is 2.48. The molecule has 0 saturated carbocycles. The Hall–Kier alpha value is -1.44. The minimum absolute atomic E-state index is 0.0132. The normalized spacial score (nSPS) is 19.0. The third-order valence-corrected chi connectivity index (χ3v) is 5.28. The minimum atomic E-state index is -3.86. The van der Waals surface area contributed by atoms with Gasteiger partial charge in [-0.1, -0.05) is 0 Å². The van der Waals surface area contributed by atoms with Crippen molar-refractivity contribution in [1.82, 2.24) is 4.90 Å². The largest absolute Gasteiger partial charge is 0.377 e. The van der Waals surface area contributed by atoms with Crippen LogP contribution < -0.4 is 5.14 Å². The molecule has 128 valence electrons. The van der Waals surface area contributed by atoms with Crippen molar-refractivity contribution in [3.63, 3.8) is 0 Å². The number of sulfonamides is 1. The van der Waals surface area contributed by atoms with Crippen LogP contribution >= 0.6 is 0 Å². The summed E-state index contributed by atoms with van der Waals surface area (Å²) < 4.78 is 29.1. The molecule has 7 heteroatoms. The van der Waals surface area contributed by atoms with Crippen molar-refractivity contribution in [2.24, 2.45) is 5.14 Å². The van der Waals surface area contributed by atoms with Crippen LogP contribution in [-0.2, 0) is 14.8 Å². The summed E-state index contributed by atoms with van der Waals surface area (Å²) >= 11 is 0. The predicted molar refractivity (Wildman–Crippen MR) is 87.8 cm³/mol. The molecule has 2 N–H and O–H groups in total. The summed E-state index contributed by atoms with van der Waals surface area (Å²) in [7, 11) is -3.86. The van der Waals surface area contributed by atoms with Crippen LogP contribution in [0.4, 0.5) is 0 Å². The molecule has 1 unspecified atom stereocenters. The number of aryl methyl sites for hydroxylation is 1. The highest BCUT2D eigenvalue weighted by atomic mass is 32.2. The van der Waals surface area contributed by atoms with Crippen molar-refractivity contribution in [3.05, 3.63) is 28.8 Å². The Morgan fingerprint density at radius 3 is 2.70 bits per heavy atom. The van der Waals surface area contributed by atoms with Gasteiger partial charge in [0.1, 0.15) is 0 Å². The first-order valence-corrected chi connectivity index (χ1v) is 9.33. The van der Waals surface area contributed by atoms with Gasteiger partial charge in [-0.15, -0.1) is 0 Å². The lowest BCUT2D eigenvalue weighted by molar-refractivity contribution is 0.00723. The van der Waals surface area contributed by atoms with E-state index in [4.69, 9.17) is 9.88 Å². The highest BCUT2D eigenvalue weighted by Crippen LogP contribution is 2.22. The van der Waals surface area contributed by atoms with Crippen molar-refractivity contribution < 1.29 is 17.9 Å². The van der Waals surface area contributed by atoms with E-state index in [1.807, 2.05) is 6.92 Å². The van der Waals surface area contributed by atoms with E-state index in [0.29, 0.717) is 30.8 Å². The van der Waals surface area contributed by atoms with Gasteiger partial charge in [0.25, 0.3) is 5.91 Å². The third-order valence-electron chi connectivity index (χ3n) is 4.24. The second-order valence-electron chi connectivity index (χ2n) is 5.93. The SMILES string of the molecule is CCOC1CCCN(C(=O)c2cc(C)c(C)c(S(N)(=O)=O)c2)C1. The minimum Gasteiger partial charge on any atom is -0.377 e. The molecule has 1 aromatic rings. The van der Waals surface area contributed by atoms with Crippen molar-refractivity contribution in [1.29, 1.82) is 0 Å². The molecule has 1 fully saturated rings. The zero-order valence-electron chi connectivity index (χ0n) is 13.8. The molecule has 23 heavy (non-hydrogen) atoms. The van der Waals surface area contributed by atoms with E-state index < -0.39 is 10.0 Å². The summed E-state index contributed by atoms with van der Waals surface area (Å²) in [6, 6.07) is 3.10. The topological polar surface area (TPSA) is 89.7 Å². The van der Waals surface area contributed by atoms with Crippen LogP contribution in [0.15, 0.2) is 17.0 Å². The number of amides is 1. The molecule has 1 aliphatic heterocycles. The maximum atomic E-state index is 12.7. The fraction of sp³-hybridized carbons (Fsp3) is 0.562. The van der Waals surface area contributed by atoms with Gasteiger partial charge in [0.15, 0.2) is 0 Å². The van der Waals surface area contributed by atoms with Gasteiger partial charge in [0, 0.05) is 25.3 Å². The fourth-order valence-electron chi connectivity index (χ4n) is 2.92. The number of nitrogens with zero attached hydrogens (tertiary/aromatic N) is 1. The van der Waals surface area contributed by atoms with Gasteiger partial charge in [-0.25, -0.2) is 13.6 Å². The molecule has 6 nitrogen and oxygen atoms in total. The van der Waals surface area contributed by atoms with Gasteiger partial charge < -0.3 is 9.64 Å². The van der Waals surface area contributed by atoms with Crippen LogP contribution in [0.1, 0.15) is 41.3 Å². The first-order valence-electron chi connectivity index (χ1n) is 7.79. The Morgan fingerprint density at radius 1 is 1.39 bits per heavy atom. The van der Waals surface area contributed by atoms with Crippen LogP contribution in [0.5, 0.6) is 0 Å². The molecule has 0 bridgehead atoms. The number of carbonyl (C=O) groups excluding carboxylic acids is 1. The Morgan fingerprint density at radius 2 is 2.09 bits per heavy atom. The summed E-state index contributed by atoms with van der Waals surface area (Å²) in [5, 5.41) is 5.26. The number of hydrogen-bond acceptors (Lipinski definition) is 4. The van der Waals surface area contributed by atoms with Crippen LogP contribution in [-0.4, -0.2) is 45.0 Å². The number of carbonyl (C=O) groups is 1. The van der Waals surface area contributed by atoms with Gasteiger partial charge in [0.05, 0.1) is 11.0 Å². The summed E-state index contributed by atoms with van der Waals surface area (Å²) in [6.07, 6.45) is 1.86. The molecule has 0 aliphatic carbocycles. The monoisotopic (exact) mass is 340 g/mol. The van der Waals surface area contributed by atoms with Gasteiger partial charge in [-0.3, -0.25) is 4.79 Å². The highest BCUT2D eigenvalue weighted by Gasteiger charge is 2.26. The number of nitrogens with two attached hydrogens (primary N) is 1. The number of rotatable bonds is 4. The zero-order chi connectivity index (χ0) is 17.2. The lowest BCUT2D eigenvalue weighted by Crippen LogP contribution is -2.43.